The Labute approximate surface area is 89.3 Å². The summed E-state index contributed by atoms with van der Waals surface area (Å²) >= 11 is 0. The maximum absolute atomic E-state index is 9.94. The molecule has 0 aliphatic carbocycles. The monoisotopic (exact) mass is 283 g/mol. The first-order chi connectivity index (χ1) is 3.95. The van der Waals surface area contributed by atoms with E-state index in [1.165, 1.54) is 0 Å². The standard InChI is InChI=1S/C2H5NO5S.2Zn/c3-1-2(4)8-9(5,6)7;;/h1,3H2,(H,5,6,7);;. The molecule has 0 fully saturated rings. The number of hydrogen-bond donors (Lipinski definition) is 2. The van der Waals surface area contributed by atoms with Crippen LogP contribution in [0, 0.1) is 0 Å². The SMILES string of the molecule is NCC(=O)OS(=O)(=O)O.[Zn].[Zn]. The molecule has 0 aromatic rings. The second kappa shape index (κ2) is 7.25. The van der Waals surface area contributed by atoms with Gasteiger partial charge in [-0.2, -0.15) is 8.42 Å². The van der Waals surface area contributed by atoms with E-state index >= 15 is 0 Å². The van der Waals surface area contributed by atoms with Gasteiger partial charge < -0.3 is 9.92 Å². The Bertz CT molecular complexity index is 201. The molecule has 0 bridgehead atoms. The zero-order chi connectivity index (χ0) is 7.49. The molecule has 0 atom stereocenters. The van der Waals surface area contributed by atoms with Crippen molar-refractivity contribution in [2.24, 2.45) is 5.73 Å². The molecular weight excluding hydrogens is 281 g/mol. The fraction of sp³-hybridized carbons (Fsp3) is 0.500. The fourth-order valence-corrected chi connectivity index (χ4v) is 0.454. The van der Waals surface area contributed by atoms with Crippen molar-refractivity contribution in [2.75, 3.05) is 6.54 Å². The molecule has 0 saturated heterocycles. The smallest absolute Gasteiger partial charge is 0.324 e. The van der Waals surface area contributed by atoms with E-state index in [0.717, 1.165) is 0 Å². The zero-order valence-electron chi connectivity index (χ0n) is 5.69. The predicted molar refractivity (Wildman–Crippen MR) is 26.7 cm³/mol. The molecule has 0 aromatic carbocycles. The number of nitrogens with two attached hydrogens (primary N) is 1. The van der Waals surface area contributed by atoms with Crippen molar-refractivity contribution in [1.29, 1.82) is 0 Å². The number of carbonyl (C=O) groups excluding carboxylic acids is 1. The Balaban J connectivity index is -0.000000320. The molecule has 0 heterocycles. The van der Waals surface area contributed by atoms with Gasteiger partial charge in [-0.15, -0.1) is 0 Å². The molecule has 0 unspecified atom stereocenters. The van der Waals surface area contributed by atoms with Gasteiger partial charge >= 0.3 is 16.4 Å². The third kappa shape index (κ3) is 13.6. The third-order valence-corrected chi connectivity index (χ3v) is 0.761. The van der Waals surface area contributed by atoms with Crippen LogP contribution in [-0.4, -0.2) is 25.5 Å². The van der Waals surface area contributed by atoms with Crippen molar-refractivity contribution in [3.63, 3.8) is 0 Å². The van der Waals surface area contributed by atoms with E-state index in [2.05, 4.69) is 9.92 Å². The molecular formula is C2H5NO5SZn2. The Morgan fingerprint density at radius 2 is 1.82 bits per heavy atom. The summed E-state index contributed by atoms with van der Waals surface area (Å²) in [5.74, 6) is -1.20. The minimum Gasteiger partial charge on any atom is -0.324 e. The van der Waals surface area contributed by atoms with Crippen LogP contribution in [0.4, 0.5) is 0 Å². The van der Waals surface area contributed by atoms with Crippen LogP contribution < -0.4 is 5.73 Å². The second-order valence-electron chi connectivity index (χ2n) is 1.09. The molecule has 9 heteroatoms. The average molecular weight is 286 g/mol. The molecule has 0 aromatic heterocycles. The molecule has 0 aliphatic rings. The first-order valence-electron chi connectivity index (χ1n) is 1.85. The summed E-state index contributed by atoms with van der Waals surface area (Å²) in [6, 6.07) is 0. The van der Waals surface area contributed by atoms with Crippen LogP contribution in [0.1, 0.15) is 0 Å². The first-order valence-corrected chi connectivity index (χ1v) is 3.22. The van der Waals surface area contributed by atoms with Gasteiger partial charge in [0.2, 0.25) is 0 Å². The van der Waals surface area contributed by atoms with E-state index in [1.54, 1.807) is 0 Å². The minimum absolute atomic E-state index is 0. The van der Waals surface area contributed by atoms with Gasteiger partial charge in [0.25, 0.3) is 0 Å². The predicted octanol–water partition coefficient (Wildman–Crippen LogP) is -1.71. The van der Waals surface area contributed by atoms with Crippen LogP contribution in [0.2, 0.25) is 0 Å². The van der Waals surface area contributed by atoms with Crippen LogP contribution in [0.25, 0.3) is 0 Å². The molecule has 0 rings (SSSR count). The number of carbonyl (C=O) groups is 1. The largest absolute Gasteiger partial charge is 0.449 e. The molecule has 11 heavy (non-hydrogen) atoms. The van der Waals surface area contributed by atoms with E-state index in [9.17, 15) is 13.2 Å². The first kappa shape index (κ1) is 17.6. The normalized spacial score (nSPS) is 8.91. The van der Waals surface area contributed by atoms with E-state index in [0.29, 0.717) is 0 Å². The number of rotatable bonds is 2. The van der Waals surface area contributed by atoms with Crippen molar-refractivity contribution in [3.05, 3.63) is 0 Å². The Morgan fingerprint density at radius 1 is 1.45 bits per heavy atom. The molecule has 58 valence electrons. The molecule has 3 N–H and O–H groups in total. The van der Waals surface area contributed by atoms with Crippen molar-refractivity contribution >= 4 is 16.4 Å². The van der Waals surface area contributed by atoms with Crippen LogP contribution in [-0.2, 0) is 58.3 Å². The molecule has 6 nitrogen and oxygen atoms in total. The van der Waals surface area contributed by atoms with Crippen LogP contribution in [0.3, 0.4) is 0 Å². The molecule has 0 radical (unpaired) electrons. The van der Waals surface area contributed by atoms with Crippen molar-refractivity contribution in [1.82, 2.24) is 0 Å². The molecule has 0 amide bonds. The van der Waals surface area contributed by atoms with Gasteiger partial charge in [-0.25, -0.2) is 4.79 Å². The van der Waals surface area contributed by atoms with Crippen molar-refractivity contribution < 1.29 is 60.9 Å². The molecule has 0 spiro atoms. The third-order valence-electron chi connectivity index (χ3n) is 0.365. The maximum Gasteiger partial charge on any atom is 0.449 e. The summed E-state index contributed by atoms with van der Waals surface area (Å²) in [4.78, 5) is 9.94. The van der Waals surface area contributed by atoms with Gasteiger partial charge in [0.15, 0.2) is 0 Å². The van der Waals surface area contributed by atoms with Crippen LogP contribution in [0.5, 0.6) is 0 Å². The quantitative estimate of drug-likeness (QED) is 0.462. The Hall–Kier alpha value is 0.587. The van der Waals surface area contributed by atoms with Gasteiger partial charge in [0, 0.05) is 39.0 Å². The van der Waals surface area contributed by atoms with Gasteiger partial charge in [-0.05, 0) is 0 Å². The van der Waals surface area contributed by atoms with E-state index < -0.39 is 22.9 Å². The maximum atomic E-state index is 9.94. The van der Waals surface area contributed by atoms with E-state index in [4.69, 9.17) is 4.55 Å². The van der Waals surface area contributed by atoms with Gasteiger partial charge in [-0.3, -0.25) is 4.55 Å². The Kier molecular flexibility index (Phi) is 11.6. The van der Waals surface area contributed by atoms with E-state index in [-0.39, 0.29) is 39.0 Å². The summed E-state index contributed by atoms with van der Waals surface area (Å²) in [5.41, 5.74) is 4.63. The second-order valence-corrected chi connectivity index (χ2v) is 2.11. The van der Waals surface area contributed by atoms with Gasteiger partial charge in [-0.1, -0.05) is 0 Å². The van der Waals surface area contributed by atoms with Gasteiger partial charge in [0.05, 0.1) is 6.54 Å². The average Bonchev–Trinajstić information content (AvgIpc) is 1.62. The molecule has 0 aliphatic heterocycles. The zero-order valence-corrected chi connectivity index (χ0v) is 12.4. The van der Waals surface area contributed by atoms with E-state index in [1.807, 2.05) is 0 Å². The summed E-state index contributed by atoms with van der Waals surface area (Å²) < 4.78 is 30.5. The van der Waals surface area contributed by atoms with Gasteiger partial charge in [0.1, 0.15) is 0 Å². The summed E-state index contributed by atoms with van der Waals surface area (Å²) in [6.45, 7) is -0.584. The van der Waals surface area contributed by atoms with Crippen molar-refractivity contribution in [3.8, 4) is 0 Å². The summed E-state index contributed by atoms with van der Waals surface area (Å²) in [7, 11) is -4.66. The molecule has 0 saturated carbocycles. The topological polar surface area (TPSA) is 107 Å². The minimum atomic E-state index is -4.66. The Morgan fingerprint density at radius 3 is 1.91 bits per heavy atom. The van der Waals surface area contributed by atoms with Crippen molar-refractivity contribution in [2.45, 2.75) is 0 Å². The summed E-state index contributed by atoms with van der Waals surface area (Å²) in [5, 5.41) is 0. The number of hydrogen-bond acceptors (Lipinski definition) is 5. The summed E-state index contributed by atoms with van der Waals surface area (Å²) in [6.07, 6.45) is 0. The van der Waals surface area contributed by atoms with Crippen LogP contribution >= 0.6 is 0 Å². The fourth-order valence-electron chi connectivity index (χ4n) is 0.151. The van der Waals surface area contributed by atoms with Crippen LogP contribution in [0.15, 0.2) is 0 Å².